The Hall–Kier alpha value is -2.14. The van der Waals surface area contributed by atoms with Crippen LogP contribution in [0.25, 0.3) is 0 Å². The monoisotopic (exact) mass is 338 g/mol. The lowest BCUT2D eigenvalue weighted by Crippen LogP contribution is -2.44. The van der Waals surface area contributed by atoms with E-state index in [0.29, 0.717) is 12.1 Å². The van der Waals surface area contributed by atoms with E-state index in [1.807, 2.05) is 18.5 Å². The summed E-state index contributed by atoms with van der Waals surface area (Å²) in [5.41, 5.74) is 2.58. The van der Waals surface area contributed by atoms with Crippen molar-refractivity contribution in [2.45, 2.75) is 44.7 Å². The van der Waals surface area contributed by atoms with E-state index < -0.39 is 0 Å². The molecule has 1 saturated heterocycles. The summed E-state index contributed by atoms with van der Waals surface area (Å²) in [6, 6.07) is 9.40. The van der Waals surface area contributed by atoms with Crippen molar-refractivity contribution >= 4 is 5.95 Å². The predicted molar refractivity (Wildman–Crippen MR) is 99.1 cm³/mol. The number of anilines is 1. The molecule has 132 valence electrons. The molecule has 5 heteroatoms. The van der Waals surface area contributed by atoms with Crippen LogP contribution in [0.4, 0.5) is 5.95 Å². The molecule has 0 radical (unpaired) electrons. The summed E-state index contributed by atoms with van der Waals surface area (Å²) < 4.78 is 5.96. The second-order valence-electron chi connectivity index (χ2n) is 7.06. The number of rotatable bonds is 3. The number of aryl methyl sites for hydroxylation is 1. The Morgan fingerprint density at radius 2 is 1.92 bits per heavy atom. The fraction of sp³-hybridized carbons (Fsp3) is 0.500. The normalized spacial score (nSPS) is 21.3. The molecule has 1 atom stereocenters. The van der Waals surface area contributed by atoms with E-state index in [1.54, 1.807) is 0 Å². The minimum absolute atomic E-state index is 0.391. The largest absolute Gasteiger partial charge is 0.493 e. The number of fused-ring (bicyclic) bond motifs is 1. The summed E-state index contributed by atoms with van der Waals surface area (Å²) in [5.74, 6) is 1.91. The van der Waals surface area contributed by atoms with Gasteiger partial charge in [-0.05, 0) is 50.3 Å². The third-order valence-electron chi connectivity index (χ3n) is 5.21. The molecule has 1 unspecified atom stereocenters. The molecule has 5 nitrogen and oxygen atoms in total. The molecule has 0 bridgehead atoms. The second-order valence-corrected chi connectivity index (χ2v) is 7.06. The minimum Gasteiger partial charge on any atom is -0.493 e. The lowest BCUT2D eigenvalue weighted by molar-refractivity contribution is 0.312. The number of aromatic nitrogens is 2. The number of benzene rings is 1. The average molecular weight is 338 g/mol. The molecule has 0 saturated carbocycles. The third-order valence-corrected chi connectivity index (χ3v) is 5.21. The number of ether oxygens (including phenoxy) is 1. The first kappa shape index (κ1) is 16.3. The fourth-order valence-electron chi connectivity index (χ4n) is 3.84. The molecule has 3 heterocycles. The summed E-state index contributed by atoms with van der Waals surface area (Å²) in [4.78, 5) is 11.0. The Morgan fingerprint density at radius 3 is 2.72 bits per heavy atom. The van der Waals surface area contributed by atoms with Gasteiger partial charge in [0.25, 0.3) is 0 Å². The van der Waals surface area contributed by atoms with Crippen molar-refractivity contribution in [2.75, 3.05) is 24.6 Å². The SMILES string of the molecule is Cc1ccc2c(c1)OCCCC2NC1CCN(c2ncccn2)CC1. The minimum atomic E-state index is 0.391. The van der Waals surface area contributed by atoms with Crippen molar-refractivity contribution in [1.29, 1.82) is 0 Å². The van der Waals surface area contributed by atoms with Crippen LogP contribution in [0.2, 0.25) is 0 Å². The molecule has 2 aromatic rings. The maximum atomic E-state index is 5.96. The molecule has 25 heavy (non-hydrogen) atoms. The zero-order chi connectivity index (χ0) is 17.1. The highest BCUT2D eigenvalue weighted by Gasteiger charge is 2.26. The molecular formula is C20H26N4O. The van der Waals surface area contributed by atoms with Gasteiger partial charge in [0.15, 0.2) is 0 Å². The van der Waals surface area contributed by atoms with Crippen molar-refractivity contribution in [3.8, 4) is 5.75 Å². The highest BCUT2D eigenvalue weighted by Crippen LogP contribution is 2.33. The zero-order valence-electron chi connectivity index (χ0n) is 14.8. The van der Waals surface area contributed by atoms with Gasteiger partial charge in [-0.3, -0.25) is 0 Å². The first-order valence-corrected chi connectivity index (χ1v) is 9.31. The van der Waals surface area contributed by atoms with Crippen molar-refractivity contribution in [1.82, 2.24) is 15.3 Å². The maximum Gasteiger partial charge on any atom is 0.225 e. The number of piperidine rings is 1. The van der Waals surface area contributed by atoms with Gasteiger partial charge in [-0.2, -0.15) is 0 Å². The Kier molecular flexibility index (Phi) is 4.83. The van der Waals surface area contributed by atoms with Crippen LogP contribution in [0.1, 0.15) is 42.9 Å². The van der Waals surface area contributed by atoms with Gasteiger partial charge < -0.3 is 15.0 Å². The summed E-state index contributed by atoms with van der Waals surface area (Å²) in [5, 5.41) is 3.90. The number of hydrogen-bond acceptors (Lipinski definition) is 5. The van der Waals surface area contributed by atoms with E-state index in [4.69, 9.17) is 4.74 Å². The van der Waals surface area contributed by atoms with Crippen LogP contribution >= 0.6 is 0 Å². The van der Waals surface area contributed by atoms with Gasteiger partial charge in [0, 0.05) is 43.1 Å². The Morgan fingerprint density at radius 1 is 1.12 bits per heavy atom. The second kappa shape index (κ2) is 7.40. The van der Waals surface area contributed by atoms with E-state index in [9.17, 15) is 0 Å². The van der Waals surface area contributed by atoms with Crippen molar-refractivity contribution in [2.24, 2.45) is 0 Å². The molecule has 4 rings (SSSR count). The van der Waals surface area contributed by atoms with E-state index in [-0.39, 0.29) is 0 Å². The molecular weight excluding hydrogens is 312 g/mol. The smallest absolute Gasteiger partial charge is 0.225 e. The molecule has 1 aromatic heterocycles. The van der Waals surface area contributed by atoms with Gasteiger partial charge in [-0.15, -0.1) is 0 Å². The first-order chi connectivity index (χ1) is 12.3. The average Bonchev–Trinajstić information content (AvgIpc) is 2.85. The summed E-state index contributed by atoms with van der Waals surface area (Å²) in [7, 11) is 0. The zero-order valence-corrected chi connectivity index (χ0v) is 14.8. The van der Waals surface area contributed by atoms with Gasteiger partial charge in [0.1, 0.15) is 5.75 Å². The topological polar surface area (TPSA) is 50.3 Å². The van der Waals surface area contributed by atoms with Crippen LogP contribution in [0.15, 0.2) is 36.7 Å². The Balaban J connectivity index is 1.40. The van der Waals surface area contributed by atoms with E-state index in [2.05, 4.69) is 45.3 Å². The van der Waals surface area contributed by atoms with Gasteiger partial charge >= 0.3 is 0 Å². The molecule has 1 N–H and O–H groups in total. The summed E-state index contributed by atoms with van der Waals surface area (Å²) in [6.45, 7) is 4.95. The quantitative estimate of drug-likeness (QED) is 0.931. The van der Waals surface area contributed by atoms with E-state index in [1.165, 1.54) is 11.1 Å². The number of nitrogens with zero attached hydrogens (tertiary/aromatic N) is 3. The van der Waals surface area contributed by atoms with Gasteiger partial charge in [-0.25, -0.2) is 9.97 Å². The molecule has 2 aliphatic heterocycles. The van der Waals surface area contributed by atoms with Crippen molar-refractivity contribution in [3.63, 3.8) is 0 Å². The van der Waals surface area contributed by atoms with E-state index in [0.717, 1.165) is 57.1 Å². The third kappa shape index (κ3) is 3.76. The lowest BCUT2D eigenvalue weighted by atomic mass is 9.97. The molecule has 1 fully saturated rings. The lowest BCUT2D eigenvalue weighted by Gasteiger charge is -2.34. The summed E-state index contributed by atoms with van der Waals surface area (Å²) in [6.07, 6.45) is 8.11. The maximum absolute atomic E-state index is 5.96. The van der Waals surface area contributed by atoms with Crippen LogP contribution in [0, 0.1) is 6.92 Å². The standard InChI is InChI=1S/C20H26N4O/c1-15-5-6-17-18(4-2-13-25-19(17)14-15)23-16-7-11-24(12-8-16)20-21-9-3-10-22-20/h3,5-6,9-10,14,16,18,23H,2,4,7-8,11-13H2,1H3. The molecule has 2 aliphatic rings. The highest BCUT2D eigenvalue weighted by molar-refractivity contribution is 5.40. The Bertz CT molecular complexity index is 698. The van der Waals surface area contributed by atoms with Crippen molar-refractivity contribution < 1.29 is 4.74 Å². The molecule has 0 aliphatic carbocycles. The fourth-order valence-corrected chi connectivity index (χ4v) is 3.84. The van der Waals surface area contributed by atoms with Crippen molar-refractivity contribution in [3.05, 3.63) is 47.8 Å². The van der Waals surface area contributed by atoms with Gasteiger partial charge in [-0.1, -0.05) is 12.1 Å². The van der Waals surface area contributed by atoms with Crippen LogP contribution in [-0.4, -0.2) is 35.7 Å². The molecule has 1 aromatic carbocycles. The molecule has 0 amide bonds. The van der Waals surface area contributed by atoms with Crippen LogP contribution < -0.4 is 15.0 Å². The number of nitrogens with one attached hydrogen (secondary N) is 1. The Labute approximate surface area is 149 Å². The van der Waals surface area contributed by atoms with Crippen LogP contribution in [-0.2, 0) is 0 Å². The van der Waals surface area contributed by atoms with E-state index >= 15 is 0 Å². The van der Waals surface area contributed by atoms with Gasteiger partial charge in [0.05, 0.1) is 6.61 Å². The van der Waals surface area contributed by atoms with Crippen LogP contribution in [0.3, 0.4) is 0 Å². The van der Waals surface area contributed by atoms with Crippen LogP contribution in [0.5, 0.6) is 5.75 Å². The molecule has 0 spiro atoms. The predicted octanol–water partition coefficient (Wildman–Crippen LogP) is 3.26. The summed E-state index contributed by atoms with van der Waals surface area (Å²) >= 11 is 0. The van der Waals surface area contributed by atoms with Gasteiger partial charge in [0.2, 0.25) is 5.95 Å². The number of hydrogen-bond donors (Lipinski definition) is 1. The highest BCUT2D eigenvalue weighted by atomic mass is 16.5. The first-order valence-electron chi connectivity index (χ1n) is 9.31.